The molecule has 1 heterocycles. The summed E-state index contributed by atoms with van der Waals surface area (Å²) in [6.45, 7) is 2.96. The van der Waals surface area contributed by atoms with Gasteiger partial charge in [0.25, 0.3) is 11.6 Å². The lowest BCUT2D eigenvalue weighted by Gasteiger charge is -2.16. The van der Waals surface area contributed by atoms with Crippen LogP contribution in [0.3, 0.4) is 0 Å². The number of carbonyl (C=O) groups excluding carboxylic acids is 1. The third-order valence-electron chi connectivity index (χ3n) is 3.08. The van der Waals surface area contributed by atoms with Gasteiger partial charge in [0.05, 0.1) is 4.92 Å². The molecule has 6 heteroatoms. The number of rotatable bonds is 2. The summed E-state index contributed by atoms with van der Waals surface area (Å²) < 4.78 is 0. The number of aryl methyl sites for hydroxylation is 1. The second kappa shape index (κ2) is 5.06. The molecular formula is C12H13BrN2O3. The first-order valence-electron chi connectivity index (χ1n) is 5.68. The van der Waals surface area contributed by atoms with Crippen LogP contribution in [-0.4, -0.2) is 33.6 Å². The summed E-state index contributed by atoms with van der Waals surface area (Å²) in [6, 6.07) is 4.70. The van der Waals surface area contributed by atoms with Crippen LogP contribution in [0.15, 0.2) is 18.2 Å². The van der Waals surface area contributed by atoms with Crippen LogP contribution in [0.1, 0.15) is 22.3 Å². The van der Waals surface area contributed by atoms with Gasteiger partial charge in [0.1, 0.15) is 5.56 Å². The van der Waals surface area contributed by atoms with E-state index in [0.29, 0.717) is 18.7 Å². The topological polar surface area (TPSA) is 63.5 Å². The third kappa shape index (κ3) is 2.38. The molecule has 0 N–H and O–H groups in total. The normalized spacial score (nSPS) is 19.0. The van der Waals surface area contributed by atoms with E-state index >= 15 is 0 Å². The first kappa shape index (κ1) is 13.0. The van der Waals surface area contributed by atoms with E-state index in [1.54, 1.807) is 24.0 Å². The molecule has 0 saturated carbocycles. The van der Waals surface area contributed by atoms with Crippen molar-refractivity contribution >= 4 is 27.5 Å². The van der Waals surface area contributed by atoms with Gasteiger partial charge >= 0.3 is 0 Å². The molecule has 0 aliphatic carbocycles. The van der Waals surface area contributed by atoms with Gasteiger partial charge in [-0.3, -0.25) is 14.9 Å². The Morgan fingerprint density at radius 2 is 2.28 bits per heavy atom. The van der Waals surface area contributed by atoms with E-state index in [1.165, 1.54) is 6.07 Å². The molecule has 1 saturated heterocycles. The molecule has 18 heavy (non-hydrogen) atoms. The van der Waals surface area contributed by atoms with E-state index in [-0.39, 0.29) is 22.0 Å². The number of alkyl halides is 1. The molecule has 0 radical (unpaired) electrons. The van der Waals surface area contributed by atoms with Crippen molar-refractivity contribution < 1.29 is 9.72 Å². The van der Waals surface area contributed by atoms with Gasteiger partial charge < -0.3 is 4.90 Å². The second-order valence-corrected chi connectivity index (χ2v) is 5.66. The van der Waals surface area contributed by atoms with Crippen LogP contribution in [0.25, 0.3) is 0 Å². The minimum atomic E-state index is -0.498. The lowest BCUT2D eigenvalue weighted by atomic mass is 10.1. The van der Waals surface area contributed by atoms with Crippen molar-refractivity contribution in [1.29, 1.82) is 0 Å². The van der Waals surface area contributed by atoms with Crippen molar-refractivity contribution in [3.05, 3.63) is 39.4 Å². The van der Waals surface area contributed by atoms with Crippen molar-refractivity contribution in [3.8, 4) is 0 Å². The number of hydrogen-bond acceptors (Lipinski definition) is 3. The number of likely N-dealkylation sites (tertiary alicyclic amines) is 1. The first-order chi connectivity index (χ1) is 8.50. The zero-order valence-electron chi connectivity index (χ0n) is 9.93. The van der Waals surface area contributed by atoms with E-state index in [9.17, 15) is 14.9 Å². The summed E-state index contributed by atoms with van der Waals surface area (Å²) in [5, 5.41) is 11.0. The summed E-state index contributed by atoms with van der Waals surface area (Å²) in [5.74, 6) is -0.248. The van der Waals surface area contributed by atoms with E-state index in [1.807, 2.05) is 0 Å². The molecule has 1 aliphatic heterocycles. The van der Waals surface area contributed by atoms with Gasteiger partial charge in [-0.05, 0) is 18.9 Å². The Morgan fingerprint density at radius 1 is 1.56 bits per heavy atom. The summed E-state index contributed by atoms with van der Waals surface area (Å²) in [7, 11) is 0. The largest absolute Gasteiger partial charge is 0.337 e. The average Bonchev–Trinajstić information content (AvgIpc) is 2.74. The van der Waals surface area contributed by atoms with Crippen LogP contribution < -0.4 is 0 Å². The average molecular weight is 313 g/mol. The first-order valence-corrected chi connectivity index (χ1v) is 6.59. The van der Waals surface area contributed by atoms with E-state index in [0.717, 1.165) is 6.42 Å². The van der Waals surface area contributed by atoms with Gasteiger partial charge in [-0.2, -0.15) is 0 Å². The highest BCUT2D eigenvalue weighted by molar-refractivity contribution is 9.09. The fraction of sp³-hybridized carbons (Fsp3) is 0.417. The number of hydrogen-bond donors (Lipinski definition) is 0. The Balaban J connectivity index is 2.38. The molecule has 0 spiro atoms. The lowest BCUT2D eigenvalue weighted by molar-refractivity contribution is -0.385. The van der Waals surface area contributed by atoms with Gasteiger partial charge in [-0.1, -0.05) is 28.1 Å². The second-order valence-electron chi connectivity index (χ2n) is 4.36. The fourth-order valence-corrected chi connectivity index (χ4v) is 2.70. The molecule has 0 aromatic heterocycles. The Bertz CT molecular complexity index is 504. The Labute approximate surface area is 113 Å². The number of benzene rings is 1. The Hall–Kier alpha value is -1.43. The number of halogens is 1. The van der Waals surface area contributed by atoms with Gasteiger partial charge in [-0.15, -0.1) is 0 Å². The van der Waals surface area contributed by atoms with E-state index in [4.69, 9.17) is 0 Å². The highest BCUT2D eigenvalue weighted by atomic mass is 79.9. The number of nitro groups is 1. The van der Waals surface area contributed by atoms with Crippen LogP contribution in [-0.2, 0) is 0 Å². The zero-order valence-corrected chi connectivity index (χ0v) is 11.5. The summed E-state index contributed by atoms with van der Waals surface area (Å²) >= 11 is 3.46. The van der Waals surface area contributed by atoms with Crippen molar-refractivity contribution in [3.63, 3.8) is 0 Å². The van der Waals surface area contributed by atoms with Crippen molar-refractivity contribution in [2.75, 3.05) is 13.1 Å². The van der Waals surface area contributed by atoms with Crippen LogP contribution in [0.2, 0.25) is 0 Å². The molecule has 5 nitrogen and oxygen atoms in total. The maximum atomic E-state index is 12.3. The lowest BCUT2D eigenvalue weighted by Crippen LogP contribution is -2.30. The molecular weight excluding hydrogens is 300 g/mol. The van der Waals surface area contributed by atoms with Gasteiger partial charge in [-0.25, -0.2) is 0 Å². The third-order valence-corrected chi connectivity index (χ3v) is 3.83. The van der Waals surface area contributed by atoms with Crippen LogP contribution in [0.4, 0.5) is 5.69 Å². The number of amides is 1. The molecule has 1 aliphatic rings. The predicted octanol–water partition coefficient (Wildman–Crippen LogP) is 2.51. The van der Waals surface area contributed by atoms with Crippen molar-refractivity contribution in [2.24, 2.45) is 0 Å². The smallest absolute Gasteiger partial charge is 0.282 e. The minimum absolute atomic E-state index is 0.113. The number of nitro benzene ring substituents is 1. The van der Waals surface area contributed by atoms with Crippen molar-refractivity contribution in [2.45, 2.75) is 18.2 Å². The quantitative estimate of drug-likeness (QED) is 0.479. The molecule has 0 bridgehead atoms. The predicted molar refractivity (Wildman–Crippen MR) is 71.1 cm³/mol. The van der Waals surface area contributed by atoms with E-state index in [2.05, 4.69) is 15.9 Å². The molecule has 1 unspecified atom stereocenters. The molecule has 96 valence electrons. The molecule has 1 aromatic carbocycles. The summed E-state index contributed by atoms with van der Waals surface area (Å²) in [4.78, 5) is 24.8. The van der Waals surface area contributed by atoms with Crippen LogP contribution in [0.5, 0.6) is 0 Å². The van der Waals surface area contributed by atoms with Crippen LogP contribution in [0, 0.1) is 17.0 Å². The van der Waals surface area contributed by atoms with Gasteiger partial charge in [0.2, 0.25) is 0 Å². The molecule has 2 rings (SSSR count). The van der Waals surface area contributed by atoms with Crippen LogP contribution >= 0.6 is 15.9 Å². The fourth-order valence-electron chi connectivity index (χ4n) is 2.14. The molecule has 1 atom stereocenters. The number of carbonyl (C=O) groups is 1. The SMILES string of the molecule is Cc1cccc([N+](=O)[O-])c1C(=O)N1CCC(Br)C1. The monoisotopic (exact) mass is 312 g/mol. The molecule has 1 amide bonds. The summed E-state index contributed by atoms with van der Waals surface area (Å²) in [6.07, 6.45) is 0.880. The highest BCUT2D eigenvalue weighted by Gasteiger charge is 2.30. The van der Waals surface area contributed by atoms with Gasteiger partial charge in [0, 0.05) is 24.0 Å². The molecule has 1 fully saturated rings. The van der Waals surface area contributed by atoms with Gasteiger partial charge in [0.15, 0.2) is 0 Å². The Kier molecular flexibility index (Phi) is 3.65. The standard InChI is InChI=1S/C12H13BrN2O3/c1-8-3-2-4-10(15(17)18)11(8)12(16)14-6-5-9(13)7-14/h2-4,9H,5-7H2,1H3. The Morgan fingerprint density at radius 3 is 2.83 bits per heavy atom. The zero-order chi connectivity index (χ0) is 13.3. The minimum Gasteiger partial charge on any atom is -0.337 e. The maximum Gasteiger partial charge on any atom is 0.282 e. The maximum absolute atomic E-state index is 12.3. The van der Waals surface area contributed by atoms with E-state index < -0.39 is 4.92 Å². The van der Waals surface area contributed by atoms with Crippen molar-refractivity contribution in [1.82, 2.24) is 4.90 Å². The number of nitrogens with zero attached hydrogens (tertiary/aromatic N) is 2. The highest BCUT2D eigenvalue weighted by Crippen LogP contribution is 2.26. The summed E-state index contributed by atoms with van der Waals surface area (Å²) in [5.41, 5.74) is 0.745. The molecule has 1 aromatic rings.